The number of unbranched alkanes of at least 4 members (excludes halogenated alkanes) is 1. The summed E-state index contributed by atoms with van der Waals surface area (Å²) in [4.78, 5) is 4.54. The van der Waals surface area contributed by atoms with Crippen molar-refractivity contribution in [3.8, 4) is 5.75 Å². The molecule has 8 heteroatoms. The smallest absolute Gasteiger partial charge is 0.191 e. The molecule has 27 heavy (non-hydrogen) atoms. The molecule has 0 amide bonds. The largest absolute Gasteiger partial charge is 0.494 e. The highest BCUT2D eigenvalue weighted by atomic mass is 127. The van der Waals surface area contributed by atoms with Crippen LogP contribution in [0.2, 0.25) is 0 Å². The van der Waals surface area contributed by atoms with Crippen molar-refractivity contribution in [1.82, 2.24) is 10.6 Å². The fraction of sp³-hybridized carbons (Fsp3) is 0.632. The van der Waals surface area contributed by atoms with Crippen molar-refractivity contribution in [3.63, 3.8) is 0 Å². The predicted molar refractivity (Wildman–Crippen MR) is 124 cm³/mol. The average molecular weight is 511 g/mol. The minimum absolute atomic E-state index is 0. The van der Waals surface area contributed by atoms with Crippen LogP contribution in [-0.4, -0.2) is 52.1 Å². The lowest BCUT2D eigenvalue weighted by molar-refractivity contribution is 0.308. The third-order valence-corrected chi connectivity index (χ3v) is 4.74. The average Bonchev–Trinajstić information content (AvgIpc) is 2.57. The van der Waals surface area contributed by atoms with Gasteiger partial charge in [0.15, 0.2) is 5.96 Å². The summed E-state index contributed by atoms with van der Waals surface area (Å²) in [6, 6.07) is 8.10. The maximum atomic E-state index is 11.3. The van der Waals surface area contributed by atoms with Crippen LogP contribution in [0.15, 0.2) is 29.3 Å². The Labute approximate surface area is 181 Å². The molecular weight excluding hydrogens is 477 g/mol. The molecule has 0 heterocycles. The molecule has 1 unspecified atom stereocenters. The Morgan fingerprint density at radius 2 is 1.89 bits per heavy atom. The van der Waals surface area contributed by atoms with Crippen LogP contribution in [-0.2, 0) is 9.84 Å². The van der Waals surface area contributed by atoms with Gasteiger partial charge in [0, 0.05) is 25.4 Å². The minimum Gasteiger partial charge on any atom is -0.494 e. The number of nitrogens with one attached hydrogen (secondary N) is 2. The predicted octanol–water partition coefficient (Wildman–Crippen LogP) is 3.15. The molecule has 0 aliphatic heterocycles. The summed E-state index contributed by atoms with van der Waals surface area (Å²) in [6.07, 6.45) is 3.69. The van der Waals surface area contributed by atoms with Gasteiger partial charge in [-0.2, -0.15) is 0 Å². The third-order valence-electron chi connectivity index (χ3n) is 3.76. The molecule has 0 saturated heterocycles. The maximum Gasteiger partial charge on any atom is 0.191 e. The Balaban J connectivity index is 0.00000676. The van der Waals surface area contributed by atoms with Crippen molar-refractivity contribution in [2.45, 2.75) is 46.1 Å². The standard InChI is InChI=1S/C19H33N3O3S.HI/c1-5-20-19(22-17(3)12-15-26(4,23)24)21-13-6-7-14-25-18-10-8-16(2)9-11-18;/h8-11,17H,5-7,12-15H2,1-4H3,(H2,20,21,22);1H. The molecule has 0 aliphatic rings. The van der Waals surface area contributed by atoms with Crippen LogP contribution in [0.25, 0.3) is 0 Å². The topological polar surface area (TPSA) is 79.8 Å². The van der Waals surface area contributed by atoms with Gasteiger partial charge in [-0.3, -0.25) is 4.99 Å². The van der Waals surface area contributed by atoms with Crippen molar-refractivity contribution in [2.75, 3.05) is 31.7 Å². The van der Waals surface area contributed by atoms with Gasteiger partial charge in [0.25, 0.3) is 0 Å². The van der Waals surface area contributed by atoms with Gasteiger partial charge in [-0.05, 0) is 52.2 Å². The second-order valence-corrected chi connectivity index (χ2v) is 8.85. The molecule has 1 aromatic carbocycles. The van der Waals surface area contributed by atoms with Crippen molar-refractivity contribution in [2.24, 2.45) is 4.99 Å². The number of aryl methyl sites for hydroxylation is 1. The highest BCUT2D eigenvalue weighted by Crippen LogP contribution is 2.11. The van der Waals surface area contributed by atoms with Gasteiger partial charge >= 0.3 is 0 Å². The fourth-order valence-corrected chi connectivity index (χ4v) is 3.03. The zero-order chi connectivity index (χ0) is 19.4. The molecule has 0 radical (unpaired) electrons. The van der Waals surface area contributed by atoms with E-state index in [0.717, 1.165) is 31.1 Å². The number of aliphatic imine (C=N–C) groups is 1. The van der Waals surface area contributed by atoms with Gasteiger partial charge in [-0.25, -0.2) is 8.42 Å². The first kappa shape index (κ1) is 26.0. The van der Waals surface area contributed by atoms with Gasteiger partial charge in [0.2, 0.25) is 0 Å². The van der Waals surface area contributed by atoms with Crippen LogP contribution >= 0.6 is 24.0 Å². The molecule has 0 aromatic heterocycles. The Bertz CT molecular complexity index is 649. The van der Waals surface area contributed by atoms with Crippen molar-refractivity contribution < 1.29 is 13.2 Å². The SMILES string of the molecule is CCNC(=NCCCCOc1ccc(C)cc1)NC(C)CCS(C)(=O)=O.I. The lowest BCUT2D eigenvalue weighted by Gasteiger charge is -2.17. The Hall–Kier alpha value is -1.03. The number of sulfone groups is 1. The van der Waals surface area contributed by atoms with Crippen molar-refractivity contribution in [1.29, 1.82) is 0 Å². The third kappa shape index (κ3) is 13.7. The van der Waals surface area contributed by atoms with E-state index in [1.165, 1.54) is 11.8 Å². The zero-order valence-electron chi connectivity index (χ0n) is 16.8. The lowest BCUT2D eigenvalue weighted by Crippen LogP contribution is -2.42. The van der Waals surface area contributed by atoms with E-state index in [0.29, 0.717) is 19.6 Å². The number of guanidine groups is 1. The van der Waals surface area contributed by atoms with Crippen LogP contribution in [0.4, 0.5) is 0 Å². The van der Waals surface area contributed by atoms with E-state index in [1.807, 2.05) is 38.1 Å². The van der Waals surface area contributed by atoms with Crippen LogP contribution in [0, 0.1) is 6.92 Å². The van der Waals surface area contributed by atoms with Crippen LogP contribution in [0.3, 0.4) is 0 Å². The molecular formula is C19H34IN3O3S. The van der Waals surface area contributed by atoms with Gasteiger partial charge in [-0.1, -0.05) is 17.7 Å². The maximum absolute atomic E-state index is 11.3. The van der Waals surface area contributed by atoms with E-state index in [2.05, 4.69) is 22.5 Å². The van der Waals surface area contributed by atoms with Crippen LogP contribution < -0.4 is 15.4 Å². The van der Waals surface area contributed by atoms with E-state index in [9.17, 15) is 8.42 Å². The molecule has 2 N–H and O–H groups in total. The summed E-state index contributed by atoms with van der Waals surface area (Å²) in [5.74, 6) is 1.80. The Morgan fingerprint density at radius 3 is 2.48 bits per heavy atom. The summed E-state index contributed by atoms with van der Waals surface area (Å²) in [6.45, 7) is 8.17. The van der Waals surface area contributed by atoms with E-state index in [4.69, 9.17) is 4.74 Å². The minimum atomic E-state index is -2.93. The second-order valence-electron chi connectivity index (χ2n) is 6.59. The Kier molecular flexibility index (Phi) is 13.5. The summed E-state index contributed by atoms with van der Waals surface area (Å²) in [7, 11) is -2.93. The quantitative estimate of drug-likeness (QED) is 0.207. The first-order valence-corrected chi connectivity index (χ1v) is 11.3. The highest BCUT2D eigenvalue weighted by molar-refractivity contribution is 14.0. The number of halogens is 1. The number of benzene rings is 1. The lowest BCUT2D eigenvalue weighted by atomic mass is 10.2. The molecule has 156 valence electrons. The van der Waals surface area contributed by atoms with Gasteiger partial charge < -0.3 is 15.4 Å². The zero-order valence-corrected chi connectivity index (χ0v) is 20.0. The molecule has 1 atom stereocenters. The van der Waals surface area contributed by atoms with Crippen molar-refractivity contribution >= 4 is 39.8 Å². The number of ether oxygens (including phenoxy) is 1. The van der Waals surface area contributed by atoms with Gasteiger partial charge in [0.05, 0.1) is 12.4 Å². The van der Waals surface area contributed by atoms with Crippen molar-refractivity contribution in [3.05, 3.63) is 29.8 Å². The Morgan fingerprint density at radius 1 is 1.22 bits per heavy atom. The molecule has 0 aliphatic carbocycles. The van der Waals surface area contributed by atoms with E-state index < -0.39 is 9.84 Å². The molecule has 1 rings (SSSR count). The summed E-state index contributed by atoms with van der Waals surface area (Å²) in [5.41, 5.74) is 1.22. The number of hydrogen-bond acceptors (Lipinski definition) is 4. The van der Waals surface area contributed by atoms with E-state index in [1.54, 1.807) is 0 Å². The molecule has 0 saturated carbocycles. The molecule has 1 aromatic rings. The summed E-state index contributed by atoms with van der Waals surface area (Å²) < 4.78 is 28.2. The molecule has 0 bridgehead atoms. The number of rotatable bonds is 11. The normalized spacial score (nSPS) is 12.8. The van der Waals surface area contributed by atoms with Crippen LogP contribution in [0.1, 0.15) is 38.7 Å². The first-order chi connectivity index (χ1) is 12.3. The monoisotopic (exact) mass is 511 g/mol. The van der Waals surface area contributed by atoms with Gasteiger partial charge in [0.1, 0.15) is 15.6 Å². The van der Waals surface area contributed by atoms with E-state index in [-0.39, 0.29) is 35.8 Å². The molecule has 6 nitrogen and oxygen atoms in total. The number of hydrogen-bond donors (Lipinski definition) is 2. The molecule has 0 fully saturated rings. The molecule has 0 spiro atoms. The van der Waals surface area contributed by atoms with E-state index >= 15 is 0 Å². The van der Waals surface area contributed by atoms with Crippen LogP contribution in [0.5, 0.6) is 5.75 Å². The number of nitrogens with zero attached hydrogens (tertiary/aromatic N) is 1. The van der Waals surface area contributed by atoms with Gasteiger partial charge in [-0.15, -0.1) is 24.0 Å². The highest BCUT2D eigenvalue weighted by Gasteiger charge is 2.09. The second kappa shape index (κ2) is 14.0. The fourth-order valence-electron chi connectivity index (χ4n) is 2.25. The summed E-state index contributed by atoms with van der Waals surface area (Å²) >= 11 is 0. The first-order valence-electron chi connectivity index (χ1n) is 9.22. The summed E-state index contributed by atoms with van der Waals surface area (Å²) in [5, 5.41) is 6.45.